The van der Waals surface area contributed by atoms with Crippen LogP contribution in [0.15, 0.2) is 24.3 Å². The van der Waals surface area contributed by atoms with Crippen molar-refractivity contribution in [1.29, 1.82) is 0 Å². The standard InChI is InChI=1S/C12H14N2O6S/c15-11(16)7-21-6-9(12(17)18)13-5-8-3-1-2-4-10(8)14(19)20/h1-4,9,13H,5-7H2,(H,15,16)(H,17,18). The van der Waals surface area contributed by atoms with Crippen molar-refractivity contribution in [3.05, 3.63) is 39.9 Å². The molecule has 0 heterocycles. The number of nitrogens with zero attached hydrogens (tertiary/aromatic N) is 1. The molecule has 1 aromatic rings. The molecule has 9 heteroatoms. The largest absolute Gasteiger partial charge is 0.481 e. The third-order valence-corrected chi connectivity index (χ3v) is 3.56. The normalized spacial score (nSPS) is 11.8. The van der Waals surface area contributed by atoms with E-state index in [1.165, 1.54) is 18.2 Å². The molecule has 3 N–H and O–H groups in total. The van der Waals surface area contributed by atoms with Crippen LogP contribution in [0.5, 0.6) is 0 Å². The van der Waals surface area contributed by atoms with Crippen LogP contribution in [0.2, 0.25) is 0 Å². The van der Waals surface area contributed by atoms with Gasteiger partial charge in [0.05, 0.1) is 10.7 Å². The molecule has 0 aliphatic carbocycles. The molecular weight excluding hydrogens is 300 g/mol. The highest BCUT2D eigenvalue weighted by atomic mass is 32.2. The molecule has 8 nitrogen and oxygen atoms in total. The highest BCUT2D eigenvalue weighted by Crippen LogP contribution is 2.17. The number of carbonyl (C=O) groups is 2. The number of carboxylic acids is 2. The number of carboxylic acid groups (broad SMARTS) is 2. The first kappa shape index (κ1) is 16.9. The van der Waals surface area contributed by atoms with Crippen LogP contribution in [-0.2, 0) is 16.1 Å². The predicted molar refractivity (Wildman–Crippen MR) is 76.3 cm³/mol. The molecule has 1 unspecified atom stereocenters. The fourth-order valence-corrected chi connectivity index (χ4v) is 2.34. The number of aliphatic carboxylic acids is 2. The molecule has 1 atom stereocenters. The average Bonchev–Trinajstić information content (AvgIpc) is 2.42. The number of nitro benzene ring substituents is 1. The smallest absolute Gasteiger partial charge is 0.321 e. The number of hydrogen-bond acceptors (Lipinski definition) is 6. The summed E-state index contributed by atoms with van der Waals surface area (Å²) < 4.78 is 0. The number of rotatable bonds is 9. The van der Waals surface area contributed by atoms with Crippen LogP contribution < -0.4 is 5.32 Å². The van der Waals surface area contributed by atoms with E-state index in [0.29, 0.717) is 5.56 Å². The molecule has 0 radical (unpaired) electrons. The summed E-state index contributed by atoms with van der Waals surface area (Å²) in [7, 11) is 0. The lowest BCUT2D eigenvalue weighted by atomic mass is 10.1. The van der Waals surface area contributed by atoms with Crippen molar-refractivity contribution in [2.45, 2.75) is 12.6 Å². The number of benzene rings is 1. The van der Waals surface area contributed by atoms with Gasteiger partial charge in [0.2, 0.25) is 0 Å². The minimum absolute atomic E-state index is 0.0156. The molecule has 0 amide bonds. The van der Waals surface area contributed by atoms with Gasteiger partial charge in [-0.05, 0) is 0 Å². The fraction of sp³-hybridized carbons (Fsp3) is 0.333. The highest BCUT2D eigenvalue weighted by Gasteiger charge is 2.19. The Morgan fingerprint density at radius 2 is 2.00 bits per heavy atom. The van der Waals surface area contributed by atoms with E-state index in [1.807, 2.05) is 0 Å². The van der Waals surface area contributed by atoms with Crippen LogP contribution in [0.3, 0.4) is 0 Å². The number of nitrogens with one attached hydrogen (secondary N) is 1. The first-order chi connectivity index (χ1) is 9.91. The van der Waals surface area contributed by atoms with E-state index in [9.17, 15) is 19.7 Å². The van der Waals surface area contributed by atoms with Crippen molar-refractivity contribution < 1.29 is 24.7 Å². The topological polar surface area (TPSA) is 130 Å². The zero-order chi connectivity index (χ0) is 15.8. The Kier molecular flexibility index (Phi) is 6.63. The molecule has 21 heavy (non-hydrogen) atoms. The van der Waals surface area contributed by atoms with Crippen molar-refractivity contribution in [2.75, 3.05) is 11.5 Å². The summed E-state index contributed by atoms with van der Waals surface area (Å²) >= 11 is 0.967. The maximum atomic E-state index is 11.1. The minimum atomic E-state index is -1.13. The van der Waals surface area contributed by atoms with Gasteiger partial charge in [0.25, 0.3) is 5.69 Å². The van der Waals surface area contributed by atoms with E-state index >= 15 is 0 Å². The van der Waals surface area contributed by atoms with Crippen LogP contribution >= 0.6 is 11.8 Å². The Morgan fingerprint density at radius 3 is 2.57 bits per heavy atom. The van der Waals surface area contributed by atoms with Crippen molar-refractivity contribution in [1.82, 2.24) is 5.32 Å². The summed E-state index contributed by atoms with van der Waals surface area (Å²) in [5, 5.41) is 31.1. The Balaban J connectivity index is 2.63. The lowest BCUT2D eigenvalue weighted by Gasteiger charge is -2.13. The van der Waals surface area contributed by atoms with Crippen LogP contribution in [0, 0.1) is 10.1 Å². The second-order valence-corrected chi connectivity index (χ2v) is 5.10. The van der Waals surface area contributed by atoms with E-state index < -0.39 is 22.9 Å². The molecule has 0 saturated carbocycles. The molecule has 0 spiro atoms. The van der Waals surface area contributed by atoms with Crippen LogP contribution in [0.25, 0.3) is 0 Å². The van der Waals surface area contributed by atoms with Crippen molar-refractivity contribution in [3.8, 4) is 0 Å². The summed E-state index contributed by atoms with van der Waals surface area (Å²) in [6, 6.07) is 5.05. The van der Waals surface area contributed by atoms with Crippen molar-refractivity contribution >= 4 is 29.4 Å². The van der Waals surface area contributed by atoms with Gasteiger partial charge in [0.15, 0.2) is 0 Å². The predicted octanol–water partition coefficient (Wildman–Crippen LogP) is 0.955. The van der Waals surface area contributed by atoms with Crippen LogP contribution in [-0.4, -0.2) is 44.6 Å². The molecule has 0 aromatic heterocycles. The van der Waals surface area contributed by atoms with Gasteiger partial charge >= 0.3 is 11.9 Å². The molecule has 0 fully saturated rings. The second-order valence-electron chi connectivity index (χ2n) is 4.07. The fourth-order valence-electron chi connectivity index (χ4n) is 1.55. The SMILES string of the molecule is O=C(O)CSCC(NCc1ccccc1[N+](=O)[O-])C(=O)O. The summed E-state index contributed by atoms with van der Waals surface area (Å²) in [4.78, 5) is 31.7. The molecule has 0 saturated heterocycles. The summed E-state index contributed by atoms with van der Waals surface area (Å²) in [6.07, 6.45) is 0. The molecule has 1 rings (SSSR count). The monoisotopic (exact) mass is 314 g/mol. The molecule has 1 aromatic carbocycles. The van der Waals surface area contributed by atoms with Gasteiger partial charge in [-0.3, -0.25) is 25.0 Å². The molecule has 114 valence electrons. The van der Waals surface area contributed by atoms with Crippen LogP contribution in [0.4, 0.5) is 5.69 Å². The Morgan fingerprint density at radius 1 is 1.33 bits per heavy atom. The number of para-hydroxylation sites is 1. The van der Waals surface area contributed by atoms with E-state index in [0.717, 1.165) is 11.8 Å². The van der Waals surface area contributed by atoms with Crippen molar-refractivity contribution in [3.63, 3.8) is 0 Å². The van der Waals surface area contributed by atoms with E-state index in [4.69, 9.17) is 10.2 Å². The molecule has 0 aliphatic heterocycles. The molecule has 0 aliphatic rings. The molecular formula is C12H14N2O6S. The van der Waals surface area contributed by atoms with E-state index in [2.05, 4.69) is 5.32 Å². The maximum absolute atomic E-state index is 11.1. The number of nitro groups is 1. The van der Waals surface area contributed by atoms with Gasteiger partial charge < -0.3 is 10.2 Å². The average molecular weight is 314 g/mol. The summed E-state index contributed by atoms with van der Waals surface area (Å²) in [5.41, 5.74) is 0.282. The first-order valence-corrected chi connectivity index (χ1v) is 7.05. The van der Waals surface area contributed by atoms with Gasteiger partial charge in [0.1, 0.15) is 6.04 Å². The third-order valence-electron chi connectivity index (χ3n) is 2.54. The summed E-state index contributed by atoms with van der Waals surface area (Å²) in [5.74, 6) is -2.30. The maximum Gasteiger partial charge on any atom is 0.321 e. The minimum Gasteiger partial charge on any atom is -0.481 e. The Hall–Kier alpha value is -2.13. The first-order valence-electron chi connectivity index (χ1n) is 5.90. The second kappa shape index (κ2) is 8.22. The number of thioether (sulfide) groups is 1. The summed E-state index contributed by atoms with van der Waals surface area (Å²) in [6.45, 7) is 0.0156. The van der Waals surface area contributed by atoms with Crippen molar-refractivity contribution in [2.24, 2.45) is 0 Å². The van der Waals surface area contributed by atoms with Gasteiger partial charge in [-0.2, -0.15) is 0 Å². The Labute approximate surface area is 124 Å². The van der Waals surface area contributed by atoms with Gasteiger partial charge in [-0.1, -0.05) is 18.2 Å². The zero-order valence-electron chi connectivity index (χ0n) is 10.9. The van der Waals surface area contributed by atoms with E-state index in [-0.39, 0.29) is 23.7 Å². The lowest BCUT2D eigenvalue weighted by Crippen LogP contribution is -2.38. The van der Waals surface area contributed by atoms with Gasteiger partial charge in [-0.15, -0.1) is 11.8 Å². The lowest BCUT2D eigenvalue weighted by molar-refractivity contribution is -0.385. The third kappa shape index (κ3) is 5.79. The highest BCUT2D eigenvalue weighted by molar-refractivity contribution is 8.00. The molecule has 0 bridgehead atoms. The van der Waals surface area contributed by atoms with E-state index in [1.54, 1.807) is 6.07 Å². The van der Waals surface area contributed by atoms with Gasteiger partial charge in [-0.25, -0.2) is 0 Å². The zero-order valence-corrected chi connectivity index (χ0v) is 11.7. The number of hydrogen-bond donors (Lipinski definition) is 3. The van der Waals surface area contributed by atoms with Gasteiger partial charge in [0, 0.05) is 23.9 Å². The van der Waals surface area contributed by atoms with Crippen LogP contribution in [0.1, 0.15) is 5.56 Å². The quantitative estimate of drug-likeness (QED) is 0.454. The Bertz CT molecular complexity index is 536.